The molecule has 164 valence electrons. The number of hydrogen-bond acceptors (Lipinski definition) is 2. The minimum Gasteiger partial charge on any atom is -0.310 e. The highest BCUT2D eigenvalue weighted by molar-refractivity contribution is 7.26. The van der Waals surface area contributed by atoms with Crippen LogP contribution in [0.5, 0.6) is 0 Å². The fourth-order valence-electron chi connectivity index (χ4n) is 4.62. The molecule has 5 aromatic carbocycles. The average Bonchev–Trinajstić information content (AvgIpc) is 3.26. The smallest absolute Gasteiger partial charge is 0.0467 e. The first-order chi connectivity index (χ1) is 16.7. The van der Waals surface area contributed by atoms with E-state index < -0.39 is 0 Å². The minimum absolute atomic E-state index is 1.16. The summed E-state index contributed by atoms with van der Waals surface area (Å²) in [5.74, 6) is 0. The van der Waals surface area contributed by atoms with Crippen molar-refractivity contribution in [2.45, 2.75) is 13.8 Å². The molecule has 0 spiro atoms. The quantitative estimate of drug-likeness (QED) is 0.256. The van der Waals surface area contributed by atoms with Gasteiger partial charge in [0.15, 0.2) is 0 Å². The molecule has 6 aromatic rings. The first-order valence-corrected chi connectivity index (χ1v) is 12.4. The van der Waals surface area contributed by atoms with Crippen molar-refractivity contribution in [3.05, 3.63) is 126 Å². The van der Waals surface area contributed by atoms with Crippen molar-refractivity contribution in [2.75, 3.05) is 4.90 Å². The van der Waals surface area contributed by atoms with Crippen LogP contribution in [0.15, 0.2) is 115 Å². The number of hydrogen-bond donors (Lipinski definition) is 0. The van der Waals surface area contributed by atoms with E-state index in [0.29, 0.717) is 0 Å². The summed E-state index contributed by atoms with van der Waals surface area (Å²) in [6, 6.07) is 41.8. The van der Waals surface area contributed by atoms with Crippen molar-refractivity contribution in [1.82, 2.24) is 0 Å². The summed E-state index contributed by atoms with van der Waals surface area (Å²) in [6.07, 6.45) is 0. The van der Waals surface area contributed by atoms with E-state index in [0.717, 1.165) is 17.1 Å². The Morgan fingerprint density at radius 3 is 1.85 bits per heavy atom. The second-order valence-corrected chi connectivity index (χ2v) is 9.89. The van der Waals surface area contributed by atoms with Crippen LogP contribution in [0.4, 0.5) is 17.1 Å². The molecule has 0 aliphatic rings. The Morgan fingerprint density at radius 1 is 0.529 bits per heavy atom. The first-order valence-electron chi connectivity index (χ1n) is 11.6. The number of nitrogens with zero attached hydrogens (tertiary/aromatic N) is 1. The third kappa shape index (κ3) is 3.67. The number of rotatable bonds is 4. The van der Waals surface area contributed by atoms with Crippen molar-refractivity contribution in [2.24, 2.45) is 0 Å². The Balaban J connectivity index is 1.52. The molecule has 0 atom stereocenters. The summed E-state index contributed by atoms with van der Waals surface area (Å²) < 4.78 is 2.68. The van der Waals surface area contributed by atoms with Gasteiger partial charge in [-0.25, -0.2) is 0 Å². The predicted molar refractivity (Wildman–Crippen MR) is 149 cm³/mol. The van der Waals surface area contributed by atoms with E-state index in [1.54, 1.807) is 0 Å². The number of benzene rings is 5. The standard InChI is InChI=1S/C32H25NS/c1-22-13-17-25(18-14-22)33(26-19-15-23(2)16-20-26)27-8-5-7-24(21-27)28-10-6-11-30-29-9-3-4-12-31(29)34-32(28)30/h3-21H,1-2H3. The van der Waals surface area contributed by atoms with Crippen molar-refractivity contribution in [3.63, 3.8) is 0 Å². The Bertz CT molecular complexity index is 1560. The SMILES string of the molecule is Cc1ccc(N(c2ccc(C)cc2)c2cccc(-c3cccc4c3sc3ccccc34)c2)cc1. The number of fused-ring (bicyclic) bond motifs is 3. The molecule has 0 aliphatic heterocycles. The van der Waals surface area contributed by atoms with E-state index in [-0.39, 0.29) is 0 Å². The molecule has 0 radical (unpaired) electrons. The molecule has 2 heteroatoms. The third-order valence-corrected chi connectivity index (χ3v) is 7.62. The lowest BCUT2D eigenvalue weighted by molar-refractivity contribution is 1.27. The zero-order valence-corrected chi connectivity index (χ0v) is 20.1. The predicted octanol–water partition coefficient (Wildman–Crippen LogP) is 9.81. The largest absolute Gasteiger partial charge is 0.310 e. The van der Waals surface area contributed by atoms with E-state index in [1.807, 2.05) is 11.3 Å². The van der Waals surface area contributed by atoms with Gasteiger partial charge in [0.1, 0.15) is 0 Å². The van der Waals surface area contributed by atoms with Gasteiger partial charge < -0.3 is 4.90 Å². The lowest BCUT2D eigenvalue weighted by Crippen LogP contribution is -2.10. The summed E-state index contributed by atoms with van der Waals surface area (Å²) in [5.41, 5.74) is 8.52. The maximum absolute atomic E-state index is 2.34. The van der Waals surface area contributed by atoms with Crippen LogP contribution < -0.4 is 4.90 Å². The third-order valence-electron chi connectivity index (χ3n) is 6.40. The normalized spacial score (nSPS) is 11.2. The zero-order chi connectivity index (χ0) is 23.1. The Hall–Kier alpha value is -3.88. The van der Waals surface area contributed by atoms with Crippen LogP contribution in [-0.4, -0.2) is 0 Å². The molecule has 0 saturated heterocycles. The minimum atomic E-state index is 1.16. The van der Waals surface area contributed by atoms with Crippen LogP contribution in [0.1, 0.15) is 11.1 Å². The molecular formula is C32H25NS. The van der Waals surface area contributed by atoms with Crippen molar-refractivity contribution >= 4 is 48.6 Å². The van der Waals surface area contributed by atoms with Crippen LogP contribution in [-0.2, 0) is 0 Å². The van der Waals surface area contributed by atoms with Gasteiger partial charge in [-0.2, -0.15) is 0 Å². The molecule has 0 fully saturated rings. The number of aryl methyl sites for hydroxylation is 2. The Labute approximate surface area is 204 Å². The van der Waals surface area contributed by atoms with E-state index in [4.69, 9.17) is 0 Å². The van der Waals surface area contributed by atoms with Crippen molar-refractivity contribution in [1.29, 1.82) is 0 Å². The monoisotopic (exact) mass is 455 g/mol. The molecule has 0 N–H and O–H groups in total. The zero-order valence-electron chi connectivity index (χ0n) is 19.3. The van der Waals surface area contributed by atoms with Gasteiger partial charge in [0.25, 0.3) is 0 Å². The van der Waals surface area contributed by atoms with Crippen LogP contribution in [0.3, 0.4) is 0 Å². The highest BCUT2D eigenvalue weighted by Crippen LogP contribution is 2.42. The molecule has 0 bridgehead atoms. The van der Waals surface area contributed by atoms with Crippen LogP contribution in [0.25, 0.3) is 31.3 Å². The highest BCUT2D eigenvalue weighted by atomic mass is 32.1. The van der Waals surface area contributed by atoms with E-state index in [1.165, 1.54) is 42.4 Å². The fourth-order valence-corrected chi connectivity index (χ4v) is 5.86. The van der Waals surface area contributed by atoms with Crippen molar-refractivity contribution in [3.8, 4) is 11.1 Å². The summed E-state index contributed by atoms with van der Waals surface area (Å²) in [6.45, 7) is 4.26. The summed E-state index contributed by atoms with van der Waals surface area (Å²) in [5, 5.41) is 2.67. The van der Waals surface area contributed by atoms with Gasteiger partial charge in [0, 0.05) is 37.2 Å². The number of anilines is 3. The van der Waals surface area contributed by atoms with Gasteiger partial charge in [-0.1, -0.05) is 83.9 Å². The van der Waals surface area contributed by atoms with Gasteiger partial charge >= 0.3 is 0 Å². The summed E-state index contributed by atoms with van der Waals surface area (Å²) in [4.78, 5) is 2.34. The van der Waals surface area contributed by atoms with Crippen LogP contribution in [0, 0.1) is 13.8 Å². The summed E-state index contributed by atoms with van der Waals surface area (Å²) in [7, 11) is 0. The first kappa shape index (κ1) is 20.7. The van der Waals surface area contributed by atoms with Gasteiger partial charge in [-0.3, -0.25) is 0 Å². The van der Waals surface area contributed by atoms with Crippen LogP contribution in [0.2, 0.25) is 0 Å². The molecule has 0 saturated carbocycles. The maximum Gasteiger partial charge on any atom is 0.0467 e. The highest BCUT2D eigenvalue weighted by Gasteiger charge is 2.15. The van der Waals surface area contributed by atoms with Crippen LogP contribution >= 0.6 is 11.3 Å². The van der Waals surface area contributed by atoms with E-state index >= 15 is 0 Å². The van der Waals surface area contributed by atoms with Gasteiger partial charge in [-0.05, 0) is 67.4 Å². The molecule has 1 heterocycles. The molecule has 1 nitrogen and oxygen atoms in total. The van der Waals surface area contributed by atoms with Crippen molar-refractivity contribution < 1.29 is 0 Å². The number of thiophene rings is 1. The summed E-state index contributed by atoms with van der Waals surface area (Å²) >= 11 is 1.88. The second-order valence-electron chi connectivity index (χ2n) is 8.84. The average molecular weight is 456 g/mol. The lowest BCUT2D eigenvalue weighted by atomic mass is 10.0. The van der Waals surface area contributed by atoms with E-state index in [2.05, 4.69) is 134 Å². The fraction of sp³-hybridized carbons (Fsp3) is 0.0625. The lowest BCUT2D eigenvalue weighted by Gasteiger charge is -2.26. The van der Waals surface area contributed by atoms with Gasteiger partial charge in [-0.15, -0.1) is 11.3 Å². The second kappa shape index (κ2) is 8.48. The Kier molecular flexibility index (Phi) is 5.16. The molecule has 6 rings (SSSR count). The molecule has 1 aromatic heterocycles. The molecular weight excluding hydrogens is 430 g/mol. The molecule has 0 unspecified atom stereocenters. The molecule has 34 heavy (non-hydrogen) atoms. The molecule has 0 aliphatic carbocycles. The Morgan fingerprint density at radius 2 is 1.15 bits per heavy atom. The van der Waals surface area contributed by atoms with Gasteiger partial charge in [0.2, 0.25) is 0 Å². The van der Waals surface area contributed by atoms with Gasteiger partial charge in [0.05, 0.1) is 0 Å². The van der Waals surface area contributed by atoms with E-state index in [9.17, 15) is 0 Å². The molecule has 0 amide bonds. The topological polar surface area (TPSA) is 3.24 Å². The maximum atomic E-state index is 2.34.